The predicted octanol–water partition coefficient (Wildman–Crippen LogP) is 3.35. The van der Waals surface area contributed by atoms with Crippen LogP contribution in [0, 0.1) is 5.82 Å². The molecule has 0 atom stereocenters. The second kappa shape index (κ2) is 12.3. The molecular weight excluding hydrogens is 379 g/mol. The van der Waals surface area contributed by atoms with E-state index in [1.165, 1.54) is 17.2 Å². The molecule has 1 heterocycles. The zero-order valence-electron chi connectivity index (χ0n) is 17.9. The molecule has 0 amide bonds. The third kappa shape index (κ3) is 7.43. The summed E-state index contributed by atoms with van der Waals surface area (Å²) < 4.78 is 18.7. The first kappa shape index (κ1) is 22.2. The van der Waals surface area contributed by atoms with Crippen LogP contribution in [0.1, 0.15) is 30.0 Å². The fraction of sp³-hybridized carbons (Fsp3) is 0.458. The molecular formula is C24H33FN4O. The van der Waals surface area contributed by atoms with Crippen molar-refractivity contribution in [2.45, 2.75) is 32.9 Å². The SMILES string of the molecule is CCNC(=NCc1ccccc1CN1CCOCC1)NCCCc1cccc(F)c1. The second-order valence-corrected chi connectivity index (χ2v) is 7.51. The largest absolute Gasteiger partial charge is 0.379 e. The average molecular weight is 413 g/mol. The normalized spacial score (nSPS) is 15.2. The molecule has 2 aromatic carbocycles. The molecule has 162 valence electrons. The first-order chi connectivity index (χ1) is 14.7. The molecule has 1 aliphatic heterocycles. The summed E-state index contributed by atoms with van der Waals surface area (Å²) in [5.74, 6) is 0.643. The Balaban J connectivity index is 1.52. The van der Waals surface area contributed by atoms with Crippen LogP contribution in [-0.2, 0) is 24.2 Å². The molecule has 2 N–H and O–H groups in total. The van der Waals surface area contributed by atoms with Gasteiger partial charge in [0, 0.05) is 32.7 Å². The molecule has 0 aliphatic carbocycles. The van der Waals surface area contributed by atoms with Crippen LogP contribution in [0.4, 0.5) is 4.39 Å². The predicted molar refractivity (Wildman–Crippen MR) is 120 cm³/mol. The second-order valence-electron chi connectivity index (χ2n) is 7.51. The van der Waals surface area contributed by atoms with Crippen LogP contribution < -0.4 is 10.6 Å². The maximum absolute atomic E-state index is 13.3. The maximum atomic E-state index is 13.3. The molecule has 0 saturated carbocycles. The first-order valence-corrected chi connectivity index (χ1v) is 10.9. The summed E-state index contributed by atoms with van der Waals surface area (Å²) in [5.41, 5.74) is 3.60. The van der Waals surface area contributed by atoms with Gasteiger partial charge in [-0.15, -0.1) is 0 Å². The van der Waals surface area contributed by atoms with E-state index in [0.717, 1.165) is 70.3 Å². The van der Waals surface area contributed by atoms with Crippen LogP contribution in [-0.4, -0.2) is 50.3 Å². The van der Waals surface area contributed by atoms with Crippen molar-refractivity contribution in [1.82, 2.24) is 15.5 Å². The zero-order chi connectivity index (χ0) is 21.0. The highest BCUT2D eigenvalue weighted by molar-refractivity contribution is 5.79. The summed E-state index contributed by atoms with van der Waals surface area (Å²) in [5, 5.41) is 6.71. The molecule has 30 heavy (non-hydrogen) atoms. The van der Waals surface area contributed by atoms with Crippen LogP contribution in [0.3, 0.4) is 0 Å². The summed E-state index contributed by atoms with van der Waals surface area (Å²) >= 11 is 0. The number of hydrogen-bond donors (Lipinski definition) is 2. The molecule has 1 aliphatic rings. The van der Waals surface area contributed by atoms with Gasteiger partial charge in [-0.1, -0.05) is 36.4 Å². The van der Waals surface area contributed by atoms with Crippen molar-refractivity contribution < 1.29 is 9.13 Å². The lowest BCUT2D eigenvalue weighted by Crippen LogP contribution is -2.38. The van der Waals surface area contributed by atoms with E-state index >= 15 is 0 Å². The van der Waals surface area contributed by atoms with E-state index in [2.05, 4.69) is 46.7 Å². The summed E-state index contributed by atoms with van der Waals surface area (Å²) in [6.07, 6.45) is 1.76. The van der Waals surface area contributed by atoms with E-state index in [1.807, 2.05) is 6.07 Å². The molecule has 1 fully saturated rings. The fourth-order valence-corrected chi connectivity index (χ4v) is 3.56. The Kier molecular flexibility index (Phi) is 9.12. The van der Waals surface area contributed by atoms with Crippen LogP contribution >= 0.6 is 0 Å². The molecule has 0 aromatic heterocycles. The Labute approximate surface area is 179 Å². The number of morpholine rings is 1. The molecule has 3 rings (SSSR count). The Morgan fingerprint density at radius 2 is 1.87 bits per heavy atom. The lowest BCUT2D eigenvalue weighted by Gasteiger charge is -2.27. The number of nitrogens with one attached hydrogen (secondary N) is 2. The van der Waals surface area contributed by atoms with Crippen molar-refractivity contribution in [1.29, 1.82) is 0 Å². The van der Waals surface area contributed by atoms with E-state index in [4.69, 9.17) is 9.73 Å². The smallest absolute Gasteiger partial charge is 0.191 e. The maximum Gasteiger partial charge on any atom is 0.191 e. The number of rotatable bonds is 9. The Bertz CT molecular complexity index is 805. The van der Waals surface area contributed by atoms with Gasteiger partial charge in [0.05, 0.1) is 19.8 Å². The summed E-state index contributed by atoms with van der Waals surface area (Å²) in [6, 6.07) is 15.3. The van der Waals surface area contributed by atoms with E-state index in [1.54, 1.807) is 12.1 Å². The molecule has 2 aromatic rings. The fourth-order valence-electron chi connectivity index (χ4n) is 3.56. The minimum absolute atomic E-state index is 0.175. The van der Waals surface area contributed by atoms with E-state index in [9.17, 15) is 4.39 Å². The number of hydrogen-bond acceptors (Lipinski definition) is 3. The quantitative estimate of drug-likeness (QED) is 0.377. The van der Waals surface area contributed by atoms with Gasteiger partial charge in [0.25, 0.3) is 0 Å². The Morgan fingerprint density at radius 3 is 2.63 bits per heavy atom. The highest BCUT2D eigenvalue weighted by Gasteiger charge is 2.12. The molecule has 0 spiro atoms. The highest BCUT2D eigenvalue weighted by atomic mass is 19.1. The van der Waals surface area contributed by atoms with Crippen molar-refractivity contribution >= 4 is 5.96 Å². The molecule has 5 nitrogen and oxygen atoms in total. The van der Waals surface area contributed by atoms with Crippen molar-refractivity contribution in [3.8, 4) is 0 Å². The lowest BCUT2D eigenvalue weighted by molar-refractivity contribution is 0.0341. The molecule has 6 heteroatoms. The zero-order valence-corrected chi connectivity index (χ0v) is 17.9. The number of guanidine groups is 1. The monoisotopic (exact) mass is 412 g/mol. The van der Waals surface area contributed by atoms with Gasteiger partial charge in [-0.2, -0.15) is 0 Å². The lowest BCUT2D eigenvalue weighted by atomic mass is 10.1. The average Bonchev–Trinajstić information content (AvgIpc) is 2.76. The van der Waals surface area contributed by atoms with E-state index in [0.29, 0.717) is 6.54 Å². The summed E-state index contributed by atoms with van der Waals surface area (Å²) in [6.45, 7) is 8.82. The topological polar surface area (TPSA) is 48.9 Å². The van der Waals surface area contributed by atoms with E-state index in [-0.39, 0.29) is 5.82 Å². The third-order valence-corrected chi connectivity index (χ3v) is 5.19. The first-order valence-electron chi connectivity index (χ1n) is 10.9. The molecule has 0 bridgehead atoms. The van der Waals surface area contributed by atoms with Gasteiger partial charge in [-0.3, -0.25) is 4.90 Å². The number of halogens is 1. The number of benzene rings is 2. The van der Waals surface area contributed by atoms with Gasteiger partial charge >= 0.3 is 0 Å². The number of aliphatic imine (C=N–C) groups is 1. The highest BCUT2D eigenvalue weighted by Crippen LogP contribution is 2.14. The van der Waals surface area contributed by atoms with E-state index < -0.39 is 0 Å². The molecule has 0 radical (unpaired) electrons. The van der Waals surface area contributed by atoms with Crippen LogP contribution in [0.25, 0.3) is 0 Å². The van der Waals surface area contributed by atoms with Gasteiger partial charge in [0.2, 0.25) is 0 Å². The third-order valence-electron chi connectivity index (χ3n) is 5.19. The minimum Gasteiger partial charge on any atom is -0.379 e. The van der Waals surface area contributed by atoms with Crippen molar-refractivity contribution in [2.24, 2.45) is 4.99 Å². The number of ether oxygens (including phenoxy) is 1. The van der Waals surface area contributed by atoms with Gasteiger partial charge in [-0.05, 0) is 48.6 Å². The Morgan fingerprint density at radius 1 is 1.07 bits per heavy atom. The summed E-state index contributed by atoms with van der Waals surface area (Å²) in [7, 11) is 0. The molecule has 0 unspecified atom stereocenters. The van der Waals surface area contributed by atoms with Crippen molar-refractivity contribution in [3.63, 3.8) is 0 Å². The van der Waals surface area contributed by atoms with Gasteiger partial charge in [-0.25, -0.2) is 9.38 Å². The van der Waals surface area contributed by atoms with Gasteiger partial charge < -0.3 is 15.4 Å². The van der Waals surface area contributed by atoms with Crippen molar-refractivity contribution in [3.05, 3.63) is 71.0 Å². The Hall–Kier alpha value is -2.44. The van der Waals surface area contributed by atoms with Crippen molar-refractivity contribution in [2.75, 3.05) is 39.4 Å². The minimum atomic E-state index is -0.175. The van der Waals surface area contributed by atoms with Gasteiger partial charge in [0.1, 0.15) is 5.82 Å². The van der Waals surface area contributed by atoms with Crippen LogP contribution in [0.2, 0.25) is 0 Å². The van der Waals surface area contributed by atoms with Crippen LogP contribution in [0.5, 0.6) is 0 Å². The number of nitrogens with zero attached hydrogens (tertiary/aromatic N) is 2. The summed E-state index contributed by atoms with van der Waals surface area (Å²) in [4.78, 5) is 7.22. The van der Waals surface area contributed by atoms with Gasteiger partial charge in [0.15, 0.2) is 5.96 Å². The van der Waals surface area contributed by atoms with Crippen LogP contribution in [0.15, 0.2) is 53.5 Å². The number of aryl methyl sites for hydroxylation is 1. The molecule has 1 saturated heterocycles. The standard InChI is InChI=1S/C24H33FN4O/c1-2-26-24(27-12-6-8-20-7-5-11-23(25)17-20)28-18-21-9-3-4-10-22(21)19-29-13-15-30-16-14-29/h3-5,7,9-11,17H,2,6,8,12-16,18-19H2,1H3,(H2,26,27,28).